The van der Waals surface area contributed by atoms with Gasteiger partial charge in [-0.05, 0) is 66.5 Å². The minimum absolute atomic E-state index is 0.171. The van der Waals surface area contributed by atoms with E-state index in [1.54, 1.807) is 31.3 Å². The Bertz CT molecular complexity index is 1370. The standard InChI is InChI=1S/C28H24N4O2/c1-29-27(33)20-12-15-22(16-13-20)30-28(34)25-24-17-14-21(18-19-8-4-2-5-9-19)26(24)32(31-25)23-10-6-3-7-11-23/h2-13,15-16,18H,14,17H2,1H3,(H,29,33)(H,30,34)/b21-18+. The van der Waals surface area contributed by atoms with Crippen molar-refractivity contribution in [1.29, 1.82) is 0 Å². The van der Waals surface area contributed by atoms with E-state index < -0.39 is 0 Å². The Morgan fingerprint density at radius 2 is 1.53 bits per heavy atom. The van der Waals surface area contributed by atoms with Gasteiger partial charge in [0.25, 0.3) is 11.8 Å². The van der Waals surface area contributed by atoms with Gasteiger partial charge in [-0.15, -0.1) is 0 Å². The third-order valence-corrected chi connectivity index (χ3v) is 5.92. The van der Waals surface area contributed by atoms with Gasteiger partial charge in [-0.3, -0.25) is 9.59 Å². The minimum Gasteiger partial charge on any atom is -0.355 e. The molecule has 0 unspecified atom stereocenters. The number of nitrogens with one attached hydrogen (secondary N) is 2. The molecule has 5 rings (SSSR count). The first kappa shape index (κ1) is 21.4. The fourth-order valence-electron chi connectivity index (χ4n) is 4.26. The fraction of sp³-hybridized carbons (Fsp3) is 0.107. The number of amides is 2. The number of allylic oxidation sites excluding steroid dienone is 1. The van der Waals surface area contributed by atoms with Crippen molar-refractivity contribution < 1.29 is 9.59 Å². The summed E-state index contributed by atoms with van der Waals surface area (Å²) in [5, 5.41) is 10.3. The second-order valence-electron chi connectivity index (χ2n) is 8.11. The zero-order chi connectivity index (χ0) is 23.5. The normalized spacial score (nSPS) is 13.5. The summed E-state index contributed by atoms with van der Waals surface area (Å²) < 4.78 is 1.88. The first-order chi connectivity index (χ1) is 16.6. The molecule has 0 fully saturated rings. The molecule has 1 heterocycles. The largest absolute Gasteiger partial charge is 0.355 e. The summed E-state index contributed by atoms with van der Waals surface area (Å²) >= 11 is 0. The molecule has 0 saturated carbocycles. The van der Waals surface area contributed by atoms with Gasteiger partial charge >= 0.3 is 0 Å². The van der Waals surface area contributed by atoms with E-state index in [2.05, 4.69) is 28.8 Å². The van der Waals surface area contributed by atoms with Crippen molar-refractivity contribution in [3.63, 3.8) is 0 Å². The predicted octanol–water partition coefficient (Wildman–Crippen LogP) is 4.97. The molecule has 34 heavy (non-hydrogen) atoms. The number of carbonyl (C=O) groups is 2. The summed E-state index contributed by atoms with van der Waals surface area (Å²) in [6, 6.07) is 26.9. The molecule has 1 aromatic heterocycles. The maximum absolute atomic E-state index is 13.3. The van der Waals surface area contributed by atoms with Crippen LogP contribution in [0.4, 0.5) is 5.69 Å². The summed E-state index contributed by atoms with van der Waals surface area (Å²) in [7, 11) is 1.59. The number of benzene rings is 3. The number of carbonyl (C=O) groups excluding carboxylic acids is 2. The lowest BCUT2D eigenvalue weighted by Crippen LogP contribution is -2.18. The molecule has 0 radical (unpaired) electrons. The summed E-state index contributed by atoms with van der Waals surface area (Å²) in [6.45, 7) is 0. The van der Waals surface area contributed by atoms with Crippen molar-refractivity contribution in [2.45, 2.75) is 12.8 Å². The minimum atomic E-state index is -0.264. The average molecular weight is 449 g/mol. The number of rotatable bonds is 5. The zero-order valence-corrected chi connectivity index (χ0v) is 18.8. The van der Waals surface area contributed by atoms with E-state index in [-0.39, 0.29) is 11.8 Å². The Labute approximate surface area is 197 Å². The predicted molar refractivity (Wildman–Crippen MR) is 134 cm³/mol. The van der Waals surface area contributed by atoms with Gasteiger partial charge in [-0.2, -0.15) is 5.10 Å². The number of hydrogen-bond acceptors (Lipinski definition) is 3. The van der Waals surface area contributed by atoms with Gasteiger partial charge in [0.15, 0.2) is 5.69 Å². The number of hydrogen-bond donors (Lipinski definition) is 2. The first-order valence-corrected chi connectivity index (χ1v) is 11.2. The highest BCUT2D eigenvalue weighted by Gasteiger charge is 2.30. The molecule has 3 aromatic carbocycles. The van der Waals surface area contributed by atoms with Crippen LogP contribution in [0.25, 0.3) is 17.3 Å². The van der Waals surface area contributed by atoms with Gasteiger partial charge in [-0.1, -0.05) is 48.5 Å². The first-order valence-electron chi connectivity index (χ1n) is 11.2. The van der Waals surface area contributed by atoms with Crippen molar-refractivity contribution in [1.82, 2.24) is 15.1 Å². The highest BCUT2D eigenvalue weighted by atomic mass is 16.2. The van der Waals surface area contributed by atoms with Crippen molar-refractivity contribution in [3.05, 3.63) is 113 Å². The van der Waals surface area contributed by atoms with E-state index in [1.165, 1.54) is 0 Å². The Kier molecular flexibility index (Phi) is 5.79. The van der Waals surface area contributed by atoms with Crippen molar-refractivity contribution in [2.75, 3.05) is 12.4 Å². The topological polar surface area (TPSA) is 76.0 Å². The lowest BCUT2D eigenvalue weighted by molar-refractivity contribution is 0.0962. The van der Waals surface area contributed by atoms with E-state index in [1.807, 2.05) is 53.2 Å². The van der Waals surface area contributed by atoms with Crippen LogP contribution in [0.1, 0.15) is 44.1 Å². The molecular weight excluding hydrogens is 424 g/mol. The van der Waals surface area contributed by atoms with Crippen molar-refractivity contribution in [3.8, 4) is 5.69 Å². The van der Waals surface area contributed by atoms with Gasteiger partial charge in [0.2, 0.25) is 0 Å². The molecule has 0 atom stereocenters. The van der Waals surface area contributed by atoms with Gasteiger partial charge in [0.1, 0.15) is 0 Å². The lowest BCUT2D eigenvalue weighted by atomic mass is 10.1. The molecule has 1 aliphatic carbocycles. The molecule has 2 amide bonds. The molecule has 0 bridgehead atoms. The summed E-state index contributed by atoms with van der Waals surface area (Å²) in [5.41, 5.74) is 6.68. The molecule has 0 aliphatic heterocycles. The van der Waals surface area contributed by atoms with Crippen LogP contribution in [0.15, 0.2) is 84.9 Å². The Morgan fingerprint density at radius 1 is 0.853 bits per heavy atom. The highest BCUT2D eigenvalue weighted by Crippen LogP contribution is 2.37. The maximum atomic E-state index is 13.3. The third-order valence-electron chi connectivity index (χ3n) is 5.92. The second kappa shape index (κ2) is 9.19. The van der Waals surface area contributed by atoms with Gasteiger partial charge in [-0.25, -0.2) is 4.68 Å². The Hall–Kier alpha value is -4.45. The summed E-state index contributed by atoms with van der Waals surface area (Å²) in [4.78, 5) is 25.1. The smallest absolute Gasteiger partial charge is 0.276 e. The van der Waals surface area contributed by atoms with Crippen LogP contribution in [-0.4, -0.2) is 28.6 Å². The quantitative estimate of drug-likeness (QED) is 0.453. The van der Waals surface area contributed by atoms with Crippen LogP contribution in [0.2, 0.25) is 0 Å². The maximum Gasteiger partial charge on any atom is 0.276 e. The molecule has 2 N–H and O–H groups in total. The SMILES string of the molecule is CNC(=O)c1ccc(NC(=O)c2nn(-c3ccccc3)c3c2CC/C3=C\c2ccccc2)cc1. The molecule has 168 valence electrons. The highest BCUT2D eigenvalue weighted by molar-refractivity contribution is 6.06. The molecule has 6 nitrogen and oxygen atoms in total. The molecule has 4 aromatic rings. The van der Waals surface area contributed by atoms with Gasteiger partial charge in [0, 0.05) is 23.9 Å². The zero-order valence-electron chi connectivity index (χ0n) is 18.8. The molecule has 1 aliphatic rings. The fourth-order valence-corrected chi connectivity index (χ4v) is 4.26. The molecule has 0 saturated heterocycles. The average Bonchev–Trinajstić information content (AvgIpc) is 3.46. The van der Waals surface area contributed by atoms with Gasteiger partial charge < -0.3 is 10.6 Å². The second-order valence-corrected chi connectivity index (χ2v) is 8.11. The molecule has 6 heteroatoms. The van der Waals surface area contributed by atoms with Gasteiger partial charge in [0.05, 0.1) is 11.4 Å². The van der Waals surface area contributed by atoms with Crippen LogP contribution in [0.5, 0.6) is 0 Å². The third kappa shape index (κ3) is 4.13. The van der Waals surface area contributed by atoms with Crippen molar-refractivity contribution in [2.24, 2.45) is 0 Å². The number of aromatic nitrogens is 2. The Morgan fingerprint density at radius 3 is 2.21 bits per heavy atom. The number of fused-ring (bicyclic) bond motifs is 1. The van der Waals surface area contributed by atoms with Crippen LogP contribution >= 0.6 is 0 Å². The number of anilines is 1. The van der Waals surface area contributed by atoms with E-state index in [0.29, 0.717) is 16.9 Å². The summed E-state index contributed by atoms with van der Waals surface area (Å²) in [5.74, 6) is -0.436. The molecular formula is C28H24N4O2. The Balaban J connectivity index is 1.52. The van der Waals surface area contributed by atoms with E-state index >= 15 is 0 Å². The lowest BCUT2D eigenvalue weighted by Gasteiger charge is -2.08. The van der Waals surface area contributed by atoms with Crippen LogP contribution < -0.4 is 10.6 Å². The molecule has 0 spiro atoms. The van der Waals surface area contributed by atoms with E-state index in [0.717, 1.165) is 40.9 Å². The number of para-hydroxylation sites is 1. The van der Waals surface area contributed by atoms with Crippen molar-refractivity contribution >= 4 is 29.2 Å². The van der Waals surface area contributed by atoms with E-state index in [4.69, 9.17) is 5.10 Å². The summed E-state index contributed by atoms with van der Waals surface area (Å²) in [6.07, 6.45) is 3.77. The number of nitrogens with zero attached hydrogens (tertiary/aromatic N) is 2. The van der Waals surface area contributed by atoms with Crippen LogP contribution in [0.3, 0.4) is 0 Å². The monoisotopic (exact) mass is 448 g/mol. The van der Waals surface area contributed by atoms with E-state index in [9.17, 15) is 9.59 Å². The van der Waals surface area contributed by atoms with Crippen LogP contribution in [0, 0.1) is 0 Å². The van der Waals surface area contributed by atoms with Crippen LogP contribution in [-0.2, 0) is 6.42 Å².